The number of aryl methyl sites for hydroxylation is 2. The van der Waals surface area contributed by atoms with Crippen LogP contribution >= 0.6 is 0 Å². The average Bonchev–Trinajstić information content (AvgIpc) is 2.75. The number of anilines is 1. The molecule has 92 valence electrons. The minimum Gasteiger partial charge on any atom is -0.326 e. The molecule has 0 aliphatic heterocycles. The summed E-state index contributed by atoms with van der Waals surface area (Å²) in [5, 5.41) is 3.03. The molecular formula is C15H21NO. The first kappa shape index (κ1) is 12.2. The van der Waals surface area contributed by atoms with Crippen LogP contribution < -0.4 is 5.32 Å². The number of hydrogen-bond donors (Lipinski definition) is 1. The molecule has 2 heteroatoms. The Morgan fingerprint density at radius 2 is 2.00 bits per heavy atom. The van der Waals surface area contributed by atoms with Gasteiger partial charge in [-0.25, -0.2) is 0 Å². The van der Waals surface area contributed by atoms with Gasteiger partial charge in [-0.15, -0.1) is 0 Å². The van der Waals surface area contributed by atoms with Gasteiger partial charge in [-0.05, 0) is 44.2 Å². The lowest BCUT2D eigenvalue weighted by molar-refractivity contribution is -0.117. The lowest BCUT2D eigenvalue weighted by Gasteiger charge is -2.11. The summed E-state index contributed by atoms with van der Waals surface area (Å²) in [4.78, 5) is 11.9. The van der Waals surface area contributed by atoms with Gasteiger partial charge in [0, 0.05) is 12.1 Å². The van der Waals surface area contributed by atoms with E-state index in [4.69, 9.17) is 0 Å². The highest BCUT2D eigenvalue weighted by Gasteiger charge is 2.18. The molecule has 2 nitrogen and oxygen atoms in total. The Kier molecular flexibility index (Phi) is 3.82. The van der Waals surface area contributed by atoms with Gasteiger partial charge >= 0.3 is 0 Å². The van der Waals surface area contributed by atoms with E-state index in [1.165, 1.54) is 31.2 Å². The molecule has 1 amide bonds. The molecule has 0 spiro atoms. The van der Waals surface area contributed by atoms with Gasteiger partial charge in [-0.1, -0.05) is 30.5 Å². The minimum atomic E-state index is 0.170. The highest BCUT2D eigenvalue weighted by molar-refractivity contribution is 5.91. The van der Waals surface area contributed by atoms with E-state index in [9.17, 15) is 4.79 Å². The molecule has 0 unspecified atom stereocenters. The van der Waals surface area contributed by atoms with Crippen LogP contribution in [0.1, 0.15) is 43.2 Å². The van der Waals surface area contributed by atoms with Crippen molar-refractivity contribution in [2.75, 3.05) is 5.32 Å². The largest absolute Gasteiger partial charge is 0.326 e. The Morgan fingerprint density at radius 1 is 1.29 bits per heavy atom. The third kappa shape index (κ3) is 3.32. The molecule has 1 aliphatic carbocycles. The fourth-order valence-corrected chi connectivity index (χ4v) is 2.63. The van der Waals surface area contributed by atoms with Crippen molar-refractivity contribution >= 4 is 11.6 Å². The molecule has 17 heavy (non-hydrogen) atoms. The maximum absolute atomic E-state index is 11.9. The van der Waals surface area contributed by atoms with E-state index < -0.39 is 0 Å². The van der Waals surface area contributed by atoms with Gasteiger partial charge in [0.25, 0.3) is 0 Å². The maximum Gasteiger partial charge on any atom is 0.224 e. The normalized spacial score (nSPS) is 16.1. The molecular weight excluding hydrogens is 210 g/mol. The number of amides is 1. The molecule has 0 saturated heterocycles. The van der Waals surface area contributed by atoms with E-state index in [2.05, 4.69) is 18.3 Å². The van der Waals surface area contributed by atoms with Crippen molar-refractivity contribution in [2.45, 2.75) is 46.0 Å². The van der Waals surface area contributed by atoms with E-state index >= 15 is 0 Å². The van der Waals surface area contributed by atoms with Crippen molar-refractivity contribution in [3.63, 3.8) is 0 Å². The van der Waals surface area contributed by atoms with Crippen LogP contribution in [0.25, 0.3) is 0 Å². The van der Waals surface area contributed by atoms with Crippen LogP contribution in [0.3, 0.4) is 0 Å². The third-order valence-corrected chi connectivity index (χ3v) is 3.60. The van der Waals surface area contributed by atoms with Crippen LogP contribution in [0.2, 0.25) is 0 Å². The summed E-state index contributed by atoms with van der Waals surface area (Å²) in [5.74, 6) is 0.782. The lowest BCUT2D eigenvalue weighted by atomic mass is 10.0. The Labute approximate surface area is 103 Å². The van der Waals surface area contributed by atoms with E-state index in [-0.39, 0.29) is 5.91 Å². The number of nitrogens with one attached hydrogen (secondary N) is 1. The second kappa shape index (κ2) is 5.35. The monoisotopic (exact) mass is 231 g/mol. The molecule has 1 N–H and O–H groups in total. The molecule has 0 heterocycles. The maximum atomic E-state index is 11.9. The third-order valence-electron chi connectivity index (χ3n) is 3.60. The van der Waals surface area contributed by atoms with E-state index in [0.717, 1.165) is 11.3 Å². The quantitative estimate of drug-likeness (QED) is 0.841. The number of carbonyl (C=O) groups is 1. The first-order valence-electron chi connectivity index (χ1n) is 6.52. The zero-order valence-corrected chi connectivity index (χ0v) is 10.8. The molecule has 1 aromatic rings. The average molecular weight is 231 g/mol. The van der Waals surface area contributed by atoms with Gasteiger partial charge < -0.3 is 5.32 Å². The highest BCUT2D eigenvalue weighted by atomic mass is 16.1. The van der Waals surface area contributed by atoms with Crippen molar-refractivity contribution in [1.29, 1.82) is 0 Å². The first-order chi connectivity index (χ1) is 8.15. The van der Waals surface area contributed by atoms with Crippen LogP contribution in [-0.2, 0) is 4.79 Å². The number of rotatable bonds is 3. The van der Waals surface area contributed by atoms with Gasteiger partial charge in [-0.3, -0.25) is 4.79 Å². The molecule has 1 saturated carbocycles. The zero-order chi connectivity index (χ0) is 12.3. The van der Waals surface area contributed by atoms with Gasteiger partial charge in [0.05, 0.1) is 0 Å². The SMILES string of the molecule is Cc1ccc(NC(=O)CC2CCCC2)c(C)c1. The van der Waals surface area contributed by atoms with Crippen LogP contribution in [-0.4, -0.2) is 5.91 Å². The van der Waals surface area contributed by atoms with Crippen molar-refractivity contribution in [1.82, 2.24) is 0 Å². The van der Waals surface area contributed by atoms with Crippen molar-refractivity contribution in [3.8, 4) is 0 Å². The number of hydrogen-bond acceptors (Lipinski definition) is 1. The van der Waals surface area contributed by atoms with Crippen LogP contribution in [0, 0.1) is 19.8 Å². The van der Waals surface area contributed by atoms with Crippen LogP contribution in [0.5, 0.6) is 0 Å². The lowest BCUT2D eigenvalue weighted by Crippen LogP contribution is -2.15. The smallest absolute Gasteiger partial charge is 0.224 e. The topological polar surface area (TPSA) is 29.1 Å². The fraction of sp³-hybridized carbons (Fsp3) is 0.533. The van der Waals surface area contributed by atoms with E-state index in [1.54, 1.807) is 0 Å². The summed E-state index contributed by atoms with van der Waals surface area (Å²) in [5.41, 5.74) is 3.33. The second-order valence-corrected chi connectivity index (χ2v) is 5.22. The molecule has 0 atom stereocenters. The second-order valence-electron chi connectivity index (χ2n) is 5.22. The van der Waals surface area contributed by atoms with Crippen molar-refractivity contribution < 1.29 is 4.79 Å². The van der Waals surface area contributed by atoms with Crippen LogP contribution in [0.15, 0.2) is 18.2 Å². The molecule has 0 radical (unpaired) electrons. The van der Waals surface area contributed by atoms with Gasteiger partial charge in [-0.2, -0.15) is 0 Å². The summed E-state index contributed by atoms with van der Waals surface area (Å²) in [7, 11) is 0. The predicted molar refractivity (Wildman–Crippen MR) is 71.1 cm³/mol. The van der Waals surface area contributed by atoms with E-state index in [0.29, 0.717) is 12.3 Å². The zero-order valence-electron chi connectivity index (χ0n) is 10.8. The first-order valence-corrected chi connectivity index (χ1v) is 6.52. The number of benzene rings is 1. The predicted octanol–water partition coefficient (Wildman–Crippen LogP) is 3.82. The van der Waals surface area contributed by atoms with Gasteiger partial charge in [0.1, 0.15) is 0 Å². The molecule has 1 aromatic carbocycles. The van der Waals surface area contributed by atoms with Gasteiger partial charge in [0.15, 0.2) is 0 Å². The Hall–Kier alpha value is -1.31. The Morgan fingerprint density at radius 3 is 2.65 bits per heavy atom. The van der Waals surface area contributed by atoms with E-state index in [1.807, 2.05) is 19.1 Å². The summed E-state index contributed by atoms with van der Waals surface area (Å²) in [6, 6.07) is 6.14. The molecule has 1 aliphatic rings. The summed E-state index contributed by atoms with van der Waals surface area (Å²) < 4.78 is 0. The summed E-state index contributed by atoms with van der Waals surface area (Å²) in [6.45, 7) is 4.11. The fourth-order valence-electron chi connectivity index (χ4n) is 2.63. The van der Waals surface area contributed by atoms with Crippen molar-refractivity contribution in [3.05, 3.63) is 29.3 Å². The summed E-state index contributed by atoms with van der Waals surface area (Å²) in [6.07, 6.45) is 5.72. The minimum absolute atomic E-state index is 0.170. The standard InChI is InChI=1S/C15H21NO/c1-11-7-8-14(12(2)9-11)16-15(17)10-13-5-3-4-6-13/h7-9,13H,3-6,10H2,1-2H3,(H,16,17). The molecule has 1 fully saturated rings. The Bertz CT molecular complexity index is 405. The number of carbonyl (C=O) groups excluding carboxylic acids is 1. The molecule has 0 bridgehead atoms. The molecule has 0 aromatic heterocycles. The van der Waals surface area contributed by atoms with Crippen LogP contribution in [0.4, 0.5) is 5.69 Å². The highest BCUT2D eigenvalue weighted by Crippen LogP contribution is 2.28. The molecule has 2 rings (SSSR count). The van der Waals surface area contributed by atoms with Crippen molar-refractivity contribution in [2.24, 2.45) is 5.92 Å². The Balaban J connectivity index is 1.93. The summed E-state index contributed by atoms with van der Waals surface area (Å²) >= 11 is 0. The van der Waals surface area contributed by atoms with Gasteiger partial charge in [0.2, 0.25) is 5.91 Å².